The average Bonchev–Trinajstić information content (AvgIpc) is 2.26. The lowest BCUT2D eigenvalue weighted by atomic mass is 9.89. The SMILES string of the molecule is COC1CC(Nc2ccc(NC(C)=O)c(Cl)c2)C1. The summed E-state index contributed by atoms with van der Waals surface area (Å²) in [5.74, 6) is -0.125. The molecule has 0 heterocycles. The normalized spacial score (nSPS) is 22.2. The zero-order chi connectivity index (χ0) is 13.1. The van der Waals surface area contributed by atoms with Gasteiger partial charge in [0, 0.05) is 25.8 Å². The standard InChI is InChI=1S/C13H17ClN2O2/c1-8(17)15-13-4-3-9(7-12(13)14)16-10-5-11(6-10)18-2/h3-4,7,10-11,16H,5-6H2,1-2H3,(H,15,17). The van der Waals surface area contributed by atoms with Crippen LogP contribution in [0, 0.1) is 0 Å². The van der Waals surface area contributed by atoms with Crippen LogP contribution in [0.5, 0.6) is 0 Å². The summed E-state index contributed by atoms with van der Waals surface area (Å²) in [6.45, 7) is 1.46. The Morgan fingerprint density at radius 2 is 2.17 bits per heavy atom. The number of halogens is 1. The maximum absolute atomic E-state index is 11.0. The fourth-order valence-electron chi connectivity index (χ4n) is 2.01. The Morgan fingerprint density at radius 3 is 2.72 bits per heavy atom. The monoisotopic (exact) mass is 268 g/mol. The van der Waals surface area contributed by atoms with E-state index in [1.165, 1.54) is 6.92 Å². The van der Waals surface area contributed by atoms with Crippen molar-refractivity contribution in [3.05, 3.63) is 23.2 Å². The van der Waals surface area contributed by atoms with Crippen molar-refractivity contribution in [3.63, 3.8) is 0 Å². The Bertz CT molecular complexity index is 445. The maximum Gasteiger partial charge on any atom is 0.221 e. The quantitative estimate of drug-likeness (QED) is 0.883. The summed E-state index contributed by atoms with van der Waals surface area (Å²) in [6, 6.07) is 5.99. The molecule has 0 bridgehead atoms. The Labute approximate surface area is 112 Å². The summed E-state index contributed by atoms with van der Waals surface area (Å²) in [4.78, 5) is 11.0. The number of hydrogen-bond donors (Lipinski definition) is 2. The maximum atomic E-state index is 11.0. The van der Waals surface area contributed by atoms with Crippen LogP contribution in [0.3, 0.4) is 0 Å². The van der Waals surface area contributed by atoms with E-state index >= 15 is 0 Å². The molecule has 18 heavy (non-hydrogen) atoms. The minimum Gasteiger partial charge on any atom is -0.382 e. The number of benzene rings is 1. The second-order valence-corrected chi connectivity index (χ2v) is 4.95. The van der Waals surface area contributed by atoms with Crippen LogP contribution >= 0.6 is 11.6 Å². The molecule has 4 nitrogen and oxygen atoms in total. The van der Waals surface area contributed by atoms with E-state index in [4.69, 9.17) is 16.3 Å². The van der Waals surface area contributed by atoms with Crippen molar-refractivity contribution in [3.8, 4) is 0 Å². The molecular formula is C13H17ClN2O2. The van der Waals surface area contributed by atoms with Gasteiger partial charge < -0.3 is 15.4 Å². The summed E-state index contributed by atoms with van der Waals surface area (Å²) in [6.07, 6.45) is 2.40. The van der Waals surface area contributed by atoms with Crippen molar-refractivity contribution in [1.82, 2.24) is 0 Å². The van der Waals surface area contributed by atoms with Gasteiger partial charge in [-0.1, -0.05) is 11.6 Å². The van der Waals surface area contributed by atoms with Gasteiger partial charge in [-0.05, 0) is 31.0 Å². The fraction of sp³-hybridized carbons (Fsp3) is 0.462. The van der Waals surface area contributed by atoms with Gasteiger partial charge in [0.2, 0.25) is 5.91 Å². The third-order valence-corrected chi connectivity index (χ3v) is 3.39. The Morgan fingerprint density at radius 1 is 1.44 bits per heavy atom. The lowest BCUT2D eigenvalue weighted by Gasteiger charge is -2.35. The summed E-state index contributed by atoms with van der Waals surface area (Å²) in [7, 11) is 1.74. The average molecular weight is 269 g/mol. The molecule has 0 saturated heterocycles. The van der Waals surface area contributed by atoms with E-state index in [1.54, 1.807) is 13.2 Å². The summed E-state index contributed by atoms with van der Waals surface area (Å²) in [5, 5.41) is 6.61. The summed E-state index contributed by atoms with van der Waals surface area (Å²) >= 11 is 6.09. The molecule has 2 rings (SSSR count). The molecule has 5 heteroatoms. The minimum absolute atomic E-state index is 0.125. The van der Waals surface area contributed by atoms with Crippen molar-refractivity contribution in [2.45, 2.75) is 31.9 Å². The molecule has 1 saturated carbocycles. The van der Waals surface area contributed by atoms with Crippen LogP contribution in [0.25, 0.3) is 0 Å². The zero-order valence-corrected chi connectivity index (χ0v) is 11.3. The van der Waals surface area contributed by atoms with Gasteiger partial charge in [-0.25, -0.2) is 0 Å². The van der Waals surface area contributed by atoms with Crippen molar-refractivity contribution in [2.75, 3.05) is 17.7 Å². The van der Waals surface area contributed by atoms with Crippen LogP contribution in [-0.2, 0) is 9.53 Å². The third kappa shape index (κ3) is 3.15. The molecule has 0 radical (unpaired) electrons. The Hall–Kier alpha value is -1.26. The lowest BCUT2D eigenvalue weighted by molar-refractivity contribution is -0.114. The van der Waals surface area contributed by atoms with E-state index in [9.17, 15) is 4.79 Å². The van der Waals surface area contributed by atoms with Gasteiger partial charge in [-0.3, -0.25) is 4.79 Å². The van der Waals surface area contributed by atoms with Crippen LogP contribution < -0.4 is 10.6 Å². The van der Waals surface area contributed by atoms with Gasteiger partial charge in [0.05, 0.1) is 16.8 Å². The number of nitrogens with one attached hydrogen (secondary N) is 2. The van der Waals surface area contributed by atoms with Crippen molar-refractivity contribution in [1.29, 1.82) is 0 Å². The second-order valence-electron chi connectivity index (χ2n) is 4.55. The number of carbonyl (C=O) groups is 1. The molecular weight excluding hydrogens is 252 g/mol. The molecule has 1 fully saturated rings. The largest absolute Gasteiger partial charge is 0.382 e. The minimum atomic E-state index is -0.125. The number of anilines is 2. The van der Waals surface area contributed by atoms with Crippen molar-refractivity contribution in [2.24, 2.45) is 0 Å². The van der Waals surface area contributed by atoms with Gasteiger partial charge in [0.1, 0.15) is 0 Å². The first-order chi connectivity index (χ1) is 8.58. The molecule has 0 unspecified atom stereocenters. The van der Waals surface area contributed by atoms with E-state index in [-0.39, 0.29) is 5.91 Å². The highest BCUT2D eigenvalue weighted by Gasteiger charge is 2.28. The molecule has 0 aromatic heterocycles. The molecule has 0 atom stereocenters. The van der Waals surface area contributed by atoms with Gasteiger partial charge in [-0.15, -0.1) is 0 Å². The summed E-state index contributed by atoms with van der Waals surface area (Å²) < 4.78 is 5.23. The van der Waals surface area contributed by atoms with Gasteiger partial charge in [-0.2, -0.15) is 0 Å². The van der Waals surface area contributed by atoms with Gasteiger partial charge >= 0.3 is 0 Å². The van der Waals surface area contributed by atoms with Crippen LogP contribution in [0.1, 0.15) is 19.8 Å². The van der Waals surface area contributed by atoms with Crippen LogP contribution in [0.2, 0.25) is 5.02 Å². The Balaban J connectivity index is 1.95. The highest BCUT2D eigenvalue weighted by atomic mass is 35.5. The van der Waals surface area contributed by atoms with Crippen LogP contribution in [0.15, 0.2) is 18.2 Å². The number of amides is 1. The molecule has 1 amide bonds. The molecule has 1 aliphatic rings. The predicted octanol–water partition coefficient (Wildman–Crippen LogP) is 2.89. The van der Waals surface area contributed by atoms with Gasteiger partial charge in [0.25, 0.3) is 0 Å². The molecule has 1 aromatic carbocycles. The van der Waals surface area contributed by atoms with Crippen LogP contribution in [-0.4, -0.2) is 25.2 Å². The molecule has 98 valence electrons. The predicted molar refractivity (Wildman–Crippen MR) is 73.2 cm³/mol. The zero-order valence-electron chi connectivity index (χ0n) is 10.5. The number of hydrogen-bond acceptors (Lipinski definition) is 3. The highest BCUT2D eigenvalue weighted by Crippen LogP contribution is 2.30. The number of ether oxygens (including phenoxy) is 1. The van der Waals surface area contributed by atoms with E-state index < -0.39 is 0 Å². The highest BCUT2D eigenvalue weighted by molar-refractivity contribution is 6.34. The summed E-state index contributed by atoms with van der Waals surface area (Å²) in [5.41, 5.74) is 1.60. The second kappa shape index (κ2) is 5.59. The van der Waals surface area contributed by atoms with Gasteiger partial charge in [0.15, 0.2) is 0 Å². The molecule has 0 aliphatic heterocycles. The first kappa shape index (κ1) is 13.2. The fourth-order valence-corrected chi connectivity index (χ4v) is 2.24. The van der Waals surface area contributed by atoms with Crippen LogP contribution in [0.4, 0.5) is 11.4 Å². The smallest absolute Gasteiger partial charge is 0.221 e. The molecule has 1 aromatic rings. The Kier molecular flexibility index (Phi) is 4.09. The molecule has 2 N–H and O–H groups in total. The van der Waals surface area contributed by atoms with E-state index in [0.717, 1.165) is 18.5 Å². The molecule has 1 aliphatic carbocycles. The van der Waals surface area contributed by atoms with E-state index in [0.29, 0.717) is 22.9 Å². The van der Waals surface area contributed by atoms with E-state index in [2.05, 4.69) is 10.6 Å². The number of rotatable bonds is 4. The lowest BCUT2D eigenvalue weighted by Crippen LogP contribution is -2.40. The number of methoxy groups -OCH3 is 1. The van der Waals surface area contributed by atoms with Crippen molar-refractivity contribution < 1.29 is 9.53 Å². The van der Waals surface area contributed by atoms with Crippen molar-refractivity contribution >= 4 is 28.9 Å². The topological polar surface area (TPSA) is 50.4 Å². The number of carbonyl (C=O) groups excluding carboxylic acids is 1. The molecule has 0 spiro atoms. The first-order valence-corrected chi connectivity index (χ1v) is 6.32. The third-order valence-electron chi connectivity index (χ3n) is 3.08. The van der Waals surface area contributed by atoms with E-state index in [1.807, 2.05) is 12.1 Å². The first-order valence-electron chi connectivity index (χ1n) is 5.95.